The molecule has 2 rings (SSSR count). The minimum atomic E-state index is 0.372. The number of anilines is 1. The molecule has 116 valence electrons. The summed E-state index contributed by atoms with van der Waals surface area (Å²) in [7, 11) is 0. The molecule has 22 heavy (non-hydrogen) atoms. The lowest BCUT2D eigenvalue weighted by Gasteiger charge is -2.12. The fourth-order valence-electron chi connectivity index (χ4n) is 1.93. The van der Waals surface area contributed by atoms with Crippen LogP contribution in [-0.2, 0) is 6.61 Å². The van der Waals surface area contributed by atoms with E-state index in [0.717, 1.165) is 42.3 Å². The van der Waals surface area contributed by atoms with Gasteiger partial charge in [-0.2, -0.15) is 0 Å². The first-order valence-corrected chi connectivity index (χ1v) is 7.50. The molecule has 0 unspecified atom stereocenters. The number of hydrogen-bond donors (Lipinski definition) is 1. The van der Waals surface area contributed by atoms with E-state index in [1.54, 1.807) is 18.5 Å². The van der Waals surface area contributed by atoms with Gasteiger partial charge in [0, 0.05) is 12.7 Å². The molecule has 1 N–H and O–H groups in total. The second-order valence-corrected chi connectivity index (χ2v) is 4.98. The molecule has 2 aromatic rings. The molecule has 5 heteroatoms. The number of nitrogens with zero attached hydrogens (tertiary/aromatic N) is 3. The van der Waals surface area contributed by atoms with E-state index in [4.69, 9.17) is 4.74 Å². The monoisotopic (exact) mass is 298 g/mol. The second-order valence-electron chi connectivity index (χ2n) is 4.98. The summed E-state index contributed by atoms with van der Waals surface area (Å²) >= 11 is 0. The van der Waals surface area contributed by atoms with Gasteiger partial charge in [0.05, 0.1) is 11.9 Å². The van der Waals surface area contributed by atoms with Gasteiger partial charge in [0.2, 0.25) is 0 Å². The van der Waals surface area contributed by atoms with Crippen molar-refractivity contribution in [2.24, 2.45) is 0 Å². The molecule has 0 radical (unpaired) electrons. The van der Waals surface area contributed by atoms with E-state index >= 15 is 0 Å². The summed E-state index contributed by atoms with van der Waals surface area (Å²) in [5.74, 6) is 2.10. The third kappa shape index (κ3) is 4.55. The smallest absolute Gasteiger partial charge is 0.180 e. The van der Waals surface area contributed by atoms with E-state index in [0.29, 0.717) is 12.4 Å². The first-order chi connectivity index (χ1) is 10.7. The summed E-state index contributed by atoms with van der Waals surface area (Å²) in [6, 6.07) is 3.86. The van der Waals surface area contributed by atoms with Gasteiger partial charge in [-0.3, -0.25) is 4.98 Å². The van der Waals surface area contributed by atoms with Crippen molar-refractivity contribution in [1.29, 1.82) is 0 Å². The summed E-state index contributed by atoms with van der Waals surface area (Å²) < 4.78 is 5.82. The highest BCUT2D eigenvalue weighted by molar-refractivity contribution is 5.49. The van der Waals surface area contributed by atoms with Crippen LogP contribution in [0.1, 0.15) is 36.8 Å². The van der Waals surface area contributed by atoms with E-state index in [1.807, 2.05) is 19.1 Å². The van der Waals surface area contributed by atoms with Crippen molar-refractivity contribution >= 4 is 11.9 Å². The average molecular weight is 298 g/mol. The van der Waals surface area contributed by atoms with Crippen molar-refractivity contribution in [3.05, 3.63) is 48.2 Å². The van der Waals surface area contributed by atoms with Crippen molar-refractivity contribution in [2.75, 3.05) is 11.9 Å². The Kier molecular flexibility index (Phi) is 5.89. The topological polar surface area (TPSA) is 59.9 Å². The van der Waals surface area contributed by atoms with Gasteiger partial charge in [-0.25, -0.2) is 9.97 Å². The number of rotatable bonds is 8. The normalized spacial score (nSPS) is 10.3. The standard InChI is InChI=1S/C17H22N4O/c1-4-6-8-19-17-16(11-20-13(3)21-17)22-12-15-10-14(5-2)7-9-18-15/h5,7,9-11H,2,4,6,8,12H2,1,3H3,(H,19,20,21). The molecule has 2 aromatic heterocycles. The van der Waals surface area contributed by atoms with Crippen molar-refractivity contribution in [1.82, 2.24) is 15.0 Å². The van der Waals surface area contributed by atoms with E-state index in [-0.39, 0.29) is 0 Å². The molecule has 2 heterocycles. The highest BCUT2D eigenvalue weighted by Gasteiger charge is 2.07. The molecular weight excluding hydrogens is 276 g/mol. The zero-order valence-electron chi connectivity index (χ0n) is 13.2. The average Bonchev–Trinajstić information content (AvgIpc) is 2.54. The Morgan fingerprint density at radius 2 is 2.23 bits per heavy atom. The van der Waals surface area contributed by atoms with Gasteiger partial charge in [-0.15, -0.1) is 0 Å². The van der Waals surface area contributed by atoms with Gasteiger partial charge in [-0.05, 0) is 31.0 Å². The molecule has 0 fully saturated rings. The first-order valence-electron chi connectivity index (χ1n) is 7.50. The van der Waals surface area contributed by atoms with Crippen LogP contribution in [0.2, 0.25) is 0 Å². The molecule has 0 saturated heterocycles. The summed E-state index contributed by atoms with van der Waals surface area (Å²) in [6.45, 7) is 9.02. The molecule has 0 atom stereocenters. The van der Waals surface area contributed by atoms with Crippen LogP contribution in [0, 0.1) is 6.92 Å². The summed E-state index contributed by atoms with van der Waals surface area (Å²) in [4.78, 5) is 12.9. The molecule has 0 aliphatic heterocycles. The Labute approximate surface area is 131 Å². The summed E-state index contributed by atoms with van der Waals surface area (Å²) in [6.07, 6.45) is 7.46. The fraction of sp³-hybridized carbons (Fsp3) is 0.353. The Hall–Kier alpha value is -2.43. The third-order valence-electron chi connectivity index (χ3n) is 3.15. The number of aryl methyl sites for hydroxylation is 1. The highest BCUT2D eigenvalue weighted by atomic mass is 16.5. The van der Waals surface area contributed by atoms with Crippen LogP contribution in [0.25, 0.3) is 6.08 Å². The van der Waals surface area contributed by atoms with Crippen molar-refractivity contribution in [3.63, 3.8) is 0 Å². The Morgan fingerprint density at radius 1 is 1.36 bits per heavy atom. The summed E-state index contributed by atoms with van der Waals surface area (Å²) in [5, 5.41) is 3.30. The largest absolute Gasteiger partial charge is 0.482 e. The number of ether oxygens (including phenoxy) is 1. The van der Waals surface area contributed by atoms with Crippen molar-refractivity contribution in [3.8, 4) is 5.75 Å². The SMILES string of the molecule is C=Cc1ccnc(COc2cnc(C)nc2NCCCC)c1. The Balaban J connectivity index is 2.06. The van der Waals surface area contributed by atoms with Crippen LogP contribution in [0.4, 0.5) is 5.82 Å². The predicted octanol–water partition coefficient (Wildman–Crippen LogP) is 3.61. The zero-order valence-corrected chi connectivity index (χ0v) is 13.2. The maximum Gasteiger partial charge on any atom is 0.180 e. The maximum absolute atomic E-state index is 5.82. The number of hydrogen-bond acceptors (Lipinski definition) is 5. The van der Waals surface area contributed by atoms with Crippen LogP contribution in [0.3, 0.4) is 0 Å². The molecule has 0 spiro atoms. The third-order valence-corrected chi connectivity index (χ3v) is 3.15. The molecule has 0 saturated carbocycles. The molecule has 0 aliphatic rings. The number of unbranched alkanes of at least 4 members (excludes halogenated alkanes) is 1. The van der Waals surface area contributed by atoms with Crippen molar-refractivity contribution < 1.29 is 4.74 Å². The lowest BCUT2D eigenvalue weighted by Crippen LogP contribution is -2.08. The molecular formula is C17H22N4O. The van der Waals surface area contributed by atoms with Crippen molar-refractivity contribution in [2.45, 2.75) is 33.3 Å². The van der Waals surface area contributed by atoms with E-state index in [9.17, 15) is 0 Å². The van der Waals surface area contributed by atoms with E-state index in [2.05, 4.69) is 33.8 Å². The number of nitrogens with one attached hydrogen (secondary N) is 1. The maximum atomic E-state index is 5.82. The predicted molar refractivity (Wildman–Crippen MR) is 88.8 cm³/mol. The van der Waals surface area contributed by atoms with Crippen LogP contribution in [0.5, 0.6) is 5.75 Å². The van der Waals surface area contributed by atoms with Crippen LogP contribution < -0.4 is 10.1 Å². The quantitative estimate of drug-likeness (QED) is 0.754. The number of pyridine rings is 1. The van der Waals surface area contributed by atoms with E-state index in [1.165, 1.54) is 0 Å². The molecule has 5 nitrogen and oxygen atoms in total. The first kappa shape index (κ1) is 15.9. The Morgan fingerprint density at radius 3 is 3.00 bits per heavy atom. The lowest BCUT2D eigenvalue weighted by molar-refractivity contribution is 0.300. The molecule has 0 amide bonds. The minimum absolute atomic E-state index is 0.372. The second kappa shape index (κ2) is 8.12. The van der Waals surface area contributed by atoms with Crippen LogP contribution in [-0.4, -0.2) is 21.5 Å². The molecule has 0 bridgehead atoms. The van der Waals surface area contributed by atoms with Crippen LogP contribution >= 0.6 is 0 Å². The Bertz CT molecular complexity index is 628. The molecule has 0 aromatic carbocycles. The highest BCUT2D eigenvalue weighted by Crippen LogP contribution is 2.22. The van der Waals surface area contributed by atoms with Crippen LogP contribution in [0.15, 0.2) is 31.1 Å². The number of aromatic nitrogens is 3. The zero-order chi connectivity index (χ0) is 15.8. The lowest BCUT2D eigenvalue weighted by atomic mass is 10.2. The minimum Gasteiger partial charge on any atom is -0.482 e. The van der Waals surface area contributed by atoms with Gasteiger partial charge in [0.1, 0.15) is 12.4 Å². The molecule has 0 aliphatic carbocycles. The van der Waals surface area contributed by atoms with Gasteiger partial charge in [-0.1, -0.05) is 26.0 Å². The fourth-order valence-corrected chi connectivity index (χ4v) is 1.93. The van der Waals surface area contributed by atoms with Gasteiger partial charge < -0.3 is 10.1 Å². The van der Waals surface area contributed by atoms with E-state index < -0.39 is 0 Å². The van der Waals surface area contributed by atoms with Gasteiger partial charge in [0.15, 0.2) is 11.6 Å². The van der Waals surface area contributed by atoms with Gasteiger partial charge >= 0.3 is 0 Å². The summed E-state index contributed by atoms with van der Waals surface area (Å²) in [5.41, 5.74) is 1.87. The van der Waals surface area contributed by atoms with Gasteiger partial charge in [0.25, 0.3) is 0 Å².